The van der Waals surface area contributed by atoms with Crippen LogP contribution in [-0.4, -0.2) is 5.75 Å². The lowest BCUT2D eigenvalue weighted by Crippen LogP contribution is -2.29. The van der Waals surface area contributed by atoms with Crippen LogP contribution in [0.1, 0.15) is 17.2 Å². The number of thioether (sulfide) groups is 1. The van der Waals surface area contributed by atoms with Crippen LogP contribution in [0.2, 0.25) is 0 Å². The second-order valence-electron chi connectivity index (χ2n) is 4.35. The summed E-state index contributed by atoms with van der Waals surface area (Å²) >= 11 is 1.69. The Morgan fingerprint density at radius 3 is 2.58 bits per heavy atom. The van der Waals surface area contributed by atoms with Crippen molar-refractivity contribution >= 4 is 11.8 Å². The number of nitrogens with one attached hydrogen (secondary N) is 1. The van der Waals surface area contributed by atoms with E-state index in [0.717, 1.165) is 11.3 Å². The molecule has 0 fully saturated rings. The van der Waals surface area contributed by atoms with Crippen LogP contribution >= 0.6 is 11.8 Å². The average molecular weight is 276 g/mol. The molecule has 1 atom stereocenters. The number of halogens is 1. The lowest BCUT2D eigenvalue weighted by Gasteiger charge is -2.16. The Hall–Kier alpha value is -1.36. The first-order chi connectivity index (χ1) is 9.20. The van der Waals surface area contributed by atoms with Gasteiger partial charge in [0.15, 0.2) is 0 Å². The summed E-state index contributed by atoms with van der Waals surface area (Å²) in [6.45, 7) is 1.75. The third-order valence-corrected chi connectivity index (χ3v) is 4.06. The number of benzene rings is 2. The summed E-state index contributed by atoms with van der Waals surface area (Å²) in [4.78, 5) is 1.18. The highest BCUT2D eigenvalue weighted by Crippen LogP contribution is 2.25. The molecule has 0 heterocycles. The summed E-state index contributed by atoms with van der Waals surface area (Å²) in [6.07, 6.45) is 0. The third kappa shape index (κ3) is 3.80. The number of hydrogen-bond acceptors (Lipinski definition) is 3. The van der Waals surface area contributed by atoms with E-state index in [0.29, 0.717) is 5.56 Å². The van der Waals surface area contributed by atoms with Crippen LogP contribution in [0.3, 0.4) is 0 Å². The molecule has 2 rings (SSSR count). The molecule has 4 heteroatoms. The van der Waals surface area contributed by atoms with Gasteiger partial charge in [0.05, 0.1) is 6.04 Å². The van der Waals surface area contributed by atoms with Crippen molar-refractivity contribution in [1.82, 2.24) is 5.43 Å². The van der Waals surface area contributed by atoms with Crippen LogP contribution in [0.5, 0.6) is 0 Å². The Kier molecular flexibility index (Phi) is 4.96. The number of nitrogens with two attached hydrogens (primary N) is 1. The molecule has 0 aliphatic carbocycles. The fourth-order valence-corrected chi connectivity index (χ4v) is 2.76. The molecule has 2 aromatic rings. The second kappa shape index (κ2) is 6.70. The van der Waals surface area contributed by atoms with E-state index in [-0.39, 0.29) is 11.9 Å². The summed E-state index contributed by atoms with van der Waals surface area (Å²) in [5.74, 6) is 6.13. The average Bonchev–Trinajstić information content (AvgIpc) is 2.44. The number of aryl methyl sites for hydroxylation is 1. The highest BCUT2D eigenvalue weighted by Gasteiger charge is 2.11. The third-order valence-electron chi connectivity index (χ3n) is 2.96. The molecule has 2 aromatic carbocycles. The molecule has 0 radical (unpaired) electrons. The molecule has 2 nitrogen and oxygen atoms in total. The number of hydrogen-bond donors (Lipinski definition) is 2. The Balaban J connectivity index is 2.05. The predicted octanol–water partition coefficient (Wildman–Crippen LogP) is 3.43. The van der Waals surface area contributed by atoms with Crippen LogP contribution in [0.15, 0.2) is 53.4 Å². The Bertz CT molecular complexity index is 531. The molecule has 0 amide bonds. The Morgan fingerprint density at radius 1 is 1.21 bits per heavy atom. The highest BCUT2D eigenvalue weighted by atomic mass is 32.2. The van der Waals surface area contributed by atoms with Gasteiger partial charge >= 0.3 is 0 Å². The van der Waals surface area contributed by atoms with Crippen LogP contribution in [0, 0.1) is 12.7 Å². The van der Waals surface area contributed by atoms with E-state index < -0.39 is 0 Å². The van der Waals surface area contributed by atoms with Gasteiger partial charge in [0, 0.05) is 10.6 Å². The molecule has 1 unspecified atom stereocenters. The molecule has 19 heavy (non-hydrogen) atoms. The van der Waals surface area contributed by atoms with Gasteiger partial charge in [-0.3, -0.25) is 11.3 Å². The van der Waals surface area contributed by atoms with Gasteiger partial charge in [-0.05, 0) is 36.2 Å². The van der Waals surface area contributed by atoms with Crippen molar-refractivity contribution in [2.45, 2.75) is 17.9 Å². The maximum atomic E-state index is 13.6. The van der Waals surface area contributed by atoms with Gasteiger partial charge in [-0.1, -0.05) is 30.3 Å². The summed E-state index contributed by atoms with van der Waals surface area (Å²) < 4.78 is 13.6. The highest BCUT2D eigenvalue weighted by molar-refractivity contribution is 7.99. The minimum absolute atomic E-state index is 0.0692. The van der Waals surface area contributed by atoms with Crippen molar-refractivity contribution in [3.8, 4) is 0 Å². The molecular weight excluding hydrogens is 259 g/mol. The standard InChI is InChI=1S/C15H17FN2S/c1-11-7-8-12(9-14(11)16)15(18-17)10-19-13-5-3-2-4-6-13/h2-9,15,18H,10,17H2,1H3. The lowest BCUT2D eigenvalue weighted by molar-refractivity contribution is 0.587. The zero-order valence-electron chi connectivity index (χ0n) is 10.8. The van der Waals surface area contributed by atoms with Crippen LogP contribution in [-0.2, 0) is 0 Å². The maximum Gasteiger partial charge on any atom is 0.126 e. The molecule has 0 bridgehead atoms. The zero-order chi connectivity index (χ0) is 13.7. The molecule has 100 valence electrons. The van der Waals surface area contributed by atoms with Crippen molar-refractivity contribution < 1.29 is 4.39 Å². The number of rotatable bonds is 5. The van der Waals surface area contributed by atoms with E-state index in [4.69, 9.17) is 5.84 Å². The molecule has 0 saturated carbocycles. The van der Waals surface area contributed by atoms with Gasteiger partial charge < -0.3 is 0 Å². The van der Waals surface area contributed by atoms with Crippen molar-refractivity contribution in [2.75, 3.05) is 5.75 Å². The molecule has 0 aliphatic rings. The molecular formula is C15H17FN2S. The van der Waals surface area contributed by atoms with Crippen LogP contribution in [0.25, 0.3) is 0 Å². The summed E-state index contributed by atoms with van der Waals surface area (Å²) in [5.41, 5.74) is 4.27. The summed E-state index contributed by atoms with van der Waals surface area (Å²) in [5, 5.41) is 0. The fourth-order valence-electron chi connectivity index (χ4n) is 1.76. The summed E-state index contributed by atoms with van der Waals surface area (Å²) in [6, 6.07) is 15.2. The molecule has 3 N–H and O–H groups in total. The number of hydrazine groups is 1. The van der Waals surface area contributed by atoms with Gasteiger partial charge in [0.25, 0.3) is 0 Å². The lowest BCUT2D eigenvalue weighted by atomic mass is 10.1. The molecule has 0 saturated heterocycles. The first-order valence-corrected chi connectivity index (χ1v) is 7.09. The molecule has 0 aromatic heterocycles. The minimum Gasteiger partial charge on any atom is -0.271 e. The van der Waals surface area contributed by atoms with Gasteiger partial charge in [-0.15, -0.1) is 11.8 Å². The van der Waals surface area contributed by atoms with Gasteiger partial charge in [-0.2, -0.15) is 0 Å². The summed E-state index contributed by atoms with van der Waals surface area (Å²) in [7, 11) is 0. The van der Waals surface area contributed by atoms with E-state index >= 15 is 0 Å². The van der Waals surface area contributed by atoms with E-state index in [9.17, 15) is 4.39 Å². The quantitative estimate of drug-likeness (QED) is 0.499. The molecule has 0 spiro atoms. The van der Waals surface area contributed by atoms with E-state index in [1.54, 1.807) is 30.8 Å². The van der Waals surface area contributed by atoms with Crippen molar-refractivity contribution in [3.05, 3.63) is 65.5 Å². The van der Waals surface area contributed by atoms with E-state index in [2.05, 4.69) is 5.43 Å². The van der Waals surface area contributed by atoms with Gasteiger partial charge in [0.1, 0.15) is 5.82 Å². The van der Waals surface area contributed by atoms with Crippen molar-refractivity contribution in [2.24, 2.45) is 5.84 Å². The predicted molar refractivity (Wildman–Crippen MR) is 78.4 cm³/mol. The zero-order valence-corrected chi connectivity index (χ0v) is 11.6. The fraction of sp³-hybridized carbons (Fsp3) is 0.200. The second-order valence-corrected chi connectivity index (χ2v) is 5.45. The first-order valence-electron chi connectivity index (χ1n) is 6.10. The van der Waals surface area contributed by atoms with Crippen molar-refractivity contribution in [3.63, 3.8) is 0 Å². The molecule has 0 aliphatic heterocycles. The van der Waals surface area contributed by atoms with Gasteiger partial charge in [0.2, 0.25) is 0 Å². The monoisotopic (exact) mass is 276 g/mol. The smallest absolute Gasteiger partial charge is 0.126 e. The van der Waals surface area contributed by atoms with E-state index in [1.807, 2.05) is 36.4 Å². The largest absolute Gasteiger partial charge is 0.271 e. The minimum atomic E-state index is -0.192. The van der Waals surface area contributed by atoms with Gasteiger partial charge in [-0.25, -0.2) is 4.39 Å². The first kappa shape index (κ1) is 14.1. The van der Waals surface area contributed by atoms with Crippen LogP contribution in [0.4, 0.5) is 4.39 Å². The van der Waals surface area contributed by atoms with E-state index in [1.165, 1.54) is 4.90 Å². The van der Waals surface area contributed by atoms with Crippen LogP contribution < -0.4 is 11.3 Å². The topological polar surface area (TPSA) is 38.0 Å². The SMILES string of the molecule is Cc1ccc(C(CSc2ccccc2)NN)cc1F. The maximum absolute atomic E-state index is 13.6. The normalized spacial score (nSPS) is 12.4. The van der Waals surface area contributed by atoms with Crippen molar-refractivity contribution in [1.29, 1.82) is 0 Å². The Labute approximate surface area is 117 Å². The Morgan fingerprint density at radius 2 is 1.95 bits per heavy atom.